The van der Waals surface area contributed by atoms with Gasteiger partial charge in [-0.15, -0.1) is 0 Å². The number of phenols is 1. The molecule has 0 unspecified atom stereocenters. The summed E-state index contributed by atoms with van der Waals surface area (Å²) in [5.41, 5.74) is 3.47. The van der Waals surface area contributed by atoms with Crippen molar-refractivity contribution in [3.8, 4) is 5.75 Å². The van der Waals surface area contributed by atoms with Gasteiger partial charge in [-0.1, -0.05) is 48.0 Å². The molecule has 0 fully saturated rings. The molecule has 1 aliphatic rings. The Hall–Kier alpha value is -3.15. The molecule has 0 aliphatic carbocycles. The second-order valence-electron chi connectivity index (χ2n) is 6.68. The zero-order chi connectivity index (χ0) is 19.4. The molecule has 1 aliphatic heterocycles. The first-order chi connectivity index (χ1) is 13.0. The van der Waals surface area contributed by atoms with E-state index in [-0.39, 0.29) is 30.9 Å². The number of aryl methyl sites for hydroxylation is 1. The molecule has 2 aromatic rings. The first-order valence-electron chi connectivity index (χ1n) is 8.92. The number of aromatic hydroxyl groups is 1. The first-order valence-corrected chi connectivity index (χ1v) is 8.92. The maximum absolute atomic E-state index is 12.7. The molecule has 6 heteroatoms. The first kappa shape index (κ1) is 18.6. The van der Waals surface area contributed by atoms with Gasteiger partial charge in [0.05, 0.1) is 11.8 Å². The van der Waals surface area contributed by atoms with E-state index in [2.05, 4.69) is 5.10 Å². The van der Waals surface area contributed by atoms with Gasteiger partial charge in [0.25, 0.3) is 0 Å². The van der Waals surface area contributed by atoms with Crippen molar-refractivity contribution in [2.24, 2.45) is 5.10 Å². The van der Waals surface area contributed by atoms with Gasteiger partial charge in [0.15, 0.2) is 0 Å². The van der Waals surface area contributed by atoms with E-state index in [1.54, 1.807) is 18.2 Å². The summed E-state index contributed by atoms with van der Waals surface area (Å²) in [5, 5.41) is 25.0. The lowest BCUT2D eigenvalue weighted by molar-refractivity contribution is -0.137. The normalized spacial score (nSPS) is 16.3. The molecule has 0 saturated carbocycles. The number of aliphatic carboxylic acids is 1. The molecule has 2 N–H and O–H groups in total. The molecular formula is C21H22N2O4. The number of nitrogens with zero attached hydrogens (tertiary/aromatic N) is 2. The number of amides is 1. The Morgan fingerprint density at radius 2 is 1.81 bits per heavy atom. The van der Waals surface area contributed by atoms with Crippen LogP contribution in [0.25, 0.3) is 0 Å². The predicted octanol–water partition coefficient (Wildman–Crippen LogP) is 3.63. The number of rotatable bonds is 6. The molecule has 0 bridgehead atoms. The van der Waals surface area contributed by atoms with Crippen LogP contribution < -0.4 is 0 Å². The minimum absolute atomic E-state index is 0.0602. The van der Waals surface area contributed by atoms with Gasteiger partial charge in [0.1, 0.15) is 5.75 Å². The maximum atomic E-state index is 12.7. The Balaban J connectivity index is 1.87. The number of carbonyl (C=O) groups excluding carboxylic acids is 1. The molecule has 0 saturated heterocycles. The van der Waals surface area contributed by atoms with E-state index < -0.39 is 12.0 Å². The van der Waals surface area contributed by atoms with E-state index in [9.17, 15) is 14.7 Å². The zero-order valence-corrected chi connectivity index (χ0v) is 15.1. The average molecular weight is 366 g/mol. The van der Waals surface area contributed by atoms with Crippen LogP contribution in [0.5, 0.6) is 5.75 Å². The highest BCUT2D eigenvalue weighted by Crippen LogP contribution is 2.37. The lowest BCUT2D eigenvalue weighted by Crippen LogP contribution is -2.27. The van der Waals surface area contributed by atoms with Gasteiger partial charge in [-0.25, -0.2) is 5.01 Å². The number of para-hydroxylation sites is 1. The molecule has 2 aromatic carbocycles. The maximum Gasteiger partial charge on any atom is 0.303 e. The summed E-state index contributed by atoms with van der Waals surface area (Å²) in [7, 11) is 0. The summed E-state index contributed by atoms with van der Waals surface area (Å²) in [5.74, 6) is -1.05. The molecule has 6 nitrogen and oxygen atoms in total. The molecule has 0 spiro atoms. The smallest absolute Gasteiger partial charge is 0.303 e. The highest BCUT2D eigenvalue weighted by Gasteiger charge is 2.34. The topological polar surface area (TPSA) is 90.2 Å². The summed E-state index contributed by atoms with van der Waals surface area (Å²) in [6.07, 6.45) is 0.787. The molecule has 1 heterocycles. The monoisotopic (exact) mass is 366 g/mol. The number of phenolic OH excluding ortho intramolecular Hbond substituents is 1. The summed E-state index contributed by atoms with van der Waals surface area (Å²) < 4.78 is 0. The number of benzene rings is 2. The minimum atomic E-state index is -0.926. The molecule has 140 valence electrons. The third-order valence-electron chi connectivity index (χ3n) is 4.63. The summed E-state index contributed by atoms with van der Waals surface area (Å²) in [4.78, 5) is 23.4. The number of carboxylic acid groups (broad SMARTS) is 1. The molecule has 27 heavy (non-hydrogen) atoms. The number of carboxylic acids is 1. The highest BCUT2D eigenvalue weighted by molar-refractivity contribution is 6.03. The van der Waals surface area contributed by atoms with Crippen molar-refractivity contribution < 1.29 is 19.8 Å². The molecule has 0 radical (unpaired) electrons. The average Bonchev–Trinajstić information content (AvgIpc) is 3.07. The lowest BCUT2D eigenvalue weighted by atomic mass is 9.97. The largest absolute Gasteiger partial charge is 0.508 e. The molecule has 1 amide bonds. The van der Waals surface area contributed by atoms with Crippen LogP contribution in [0.15, 0.2) is 53.6 Å². The van der Waals surface area contributed by atoms with E-state index in [0.29, 0.717) is 12.0 Å². The van der Waals surface area contributed by atoms with Crippen LogP contribution in [0.2, 0.25) is 0 Å². The molecule has 3 rings (SSSR count). The van der Waals surface area contributed by atoms with Gasteiger partial charge < -0.3 is 10.2 Å². The fourth-order valence-electron chi connectivity index (χ4n) is 3.18. The van der Waals surface area contributed by atoms with Crippen molar-refractivity contribution >= 4 is 17.6 Å². The standard InChI is InChI=1S/C21H22N2O4/c1-14-9-11-15(12-10-14)17-13-18(16-5-2-3-6-19(16)24)23(22-17)20(25)7-4-8-21(26)27/h2-3,5-6,9-12,18,24H,4,7-8,13H2,1H3,(H,26,27)/t18-/m1/s1. The van der Waals surface area contributed by atoms with Crippen LogP contribution >= 0.6 is 0 Å². The Morgan fingerprint density at radius 3 is 2.48 bits per heavy atom. The van der Waals surface area contributed by atoms with Gasteiger partial charge in [0, 0.05) is 24.8 Å². The van der Waals surface area contributed by atoms with Crippen molar-refractivity contribution in [2.45, 2.75) is 38.6 Å². The summed E-state index contributed by atoms with van der Waals surface area (Å²) >= 11 is 0. The third kappa shape index (κ3) is 4.34. The van der Waals surface area contributed by atoms with Crippen LogP contribution in [0.3, 0.4) is 0 Å². The van der Waals surface area contributed by atoms with Gasteiger partial charge in [-0.3, -0.25) is 9.59 Å². The van der Waals surface area contributed by atoms with Crippen molar-refractivity contribution in [3.63, 3.8) is 0 Å². The molecule has 0 aromatic heterocycles. The third-order valence-corrected chi connectivity index (χ3v) is 4.63. The molecule has 1 atom stereocenters. The van der Waals surface area contributed by atoms with Crippen LogP contribution in [0.4, 0.5) is 0 Å². The number of hydrogen-bond donors (Lipinski definition) is 2. The number of hydrogen-bond acceptors (Lipinski definition) is 4. The van der Waals surface area contributed by atoms with E-state index in [4.69, 9.17) is 5.11 Å². The van der Waals surface area contributed by atoms with Gasteiger partial charge in [-0.2, -0.15) is 5.10 Å². The second-order valence-corrected chi connectivity index (χ2v) is 6.68. The van der Waals surface area contributed by atoms with Crippen LogP contribution in [-0.4, -0.2) is 32.8 Å². The van der Waals surface area contributed by atoms with Crippen LogP contribution in [0.1, 0.15) is 48.4 Å². The highest BCUT2D eigenvalue weighted by atomic mass is 16.4. The fraction of sp³-hybridized carbons (Fsp3) is 0.286. The van der Waals surface area contributed by atoms with Crippen molar-refractivity contribution in [3.05, 3.63) is 65.2 Å². The zero-order valence-electron chi connectivity index (χ0n) is 15.1. The Kier molecular flexibility index (Phi) is 5.54. The number of carbonyl (C=O) groups is 2. The van der Waals surface area contributed by atoms with Gasteiger partial charge in [0.2, 0.25) is 5.91 Å². The Labute approximate surface area is 157 Å². The van der Waals surface area contributed by atoms with Crippen molar-refractivity contribution in [2.75, 3.05) is 0 Å². The number of hydrazone groups is 1. The minimum Gasteiger partial charge on any atom is -0.508 e. The van der Waals surface area contributed by atoms with Crippen LogP contribution in [0, 0.1) is 6.92 Å². The van der Waals surface area contributed by atoms with E-state index in [1.165, 1.54) is 5.01 Å². The van der Waals surface area contributed by atoms with Crippen molar-refractivity contribution in [1.82, 2.24) is 5.01 Å². The molecular weight excluding hydrogens is 344 g/mol. The van der Waals surface area contributed by atoms with Gasteiger partial charge in [-0.05, 0) is 25.0 Å². The van der Waals surface area contributed by atoms with Crippen LogP contribution in [-0.2, 0) is 9.59 Å². The predicted molar refractivity (Wildman–Crippen MR) is 102 cm³/mol. The summed E-state index contributed by atoms with van der Waals surface area (Å²) in [6.45, 7) is 2.00. The van der Waals surface area contributed by atoms with E-state index >= 15 is 0 Å². The van der Waals surface area contributed by atoms with Crippen molar-refractivity contribution in [1.29, 1.82) is 0 Å². The fourth-order valence-corrected chi connectivity index (χ4v) is 3.18. The Morgan fingerprint density at radius 1 is 1.11 bits per heavy atom. The summed E-state index contributed by atoms with van der Waals surface area (Å²) in [6, 6.07) is 14.4. The second kappa shape index (κ2) is 8.03. The SMILES string of the molecule is Cc1ccc(C2=NN(C(=O)CCCC(=O)O)[C@@H](c3ccccc3O)C2)cc1. The van der Waals surface area contributed by atoms with Gasteiger partial charge >= 0.3 is 5.97 Å². The van der Waals surface area contributed by atoms with E-state index in [0.717, 1.165) is 16.8 Å². The lowest BCUT2D eigenvalue weighted by Gasteiger charge is -2.22. The van der Waals surface area contributed by atoms with E-state index in [1.807, 2.05) is 37.3 Å². The quantitative estimate of drug-likeness (QED) is 0.817. The Bertz CT molecular complexity index is 874.